The molecule has 0 saturated heterocycles. The van der Waals surface area contributed by atoms with Crippen LogP contribution in [0.2, 0.25) is 0 Å². The van der Waals surface area contributed by atoms with Gasteiger partial charge in [0.1, 0.15) is 0 Å². The van der Waals surface area contributed by atoms with E-state index in [-0.39, 0.29) is 5.78 Å². The second kappa shape index (κ2) is 6.37. The number of Topliss-reactive ketones (excluding diaryl/α,β-unsaturated/α-hetero) is 1. The molecule has 23 heavy (non-hydrogen) atoms. The lowest BCUT2D eigenvalue weighted by molar-refractivity contribution is 0.102. The highest BCUT2D eigenvalue weighted by molar-refractivity contribution is 7.99. The van der Waals surface area contributed by atoms with Gasteiger partial charge in [0.25, 0.3) is 0 Å². The van der Waals surface area contributed by atoms with Gasteiger partial charge in [0.2, 0.25) is 5.16 Å². The van der Waals surface area contributed by atoms with Gasteiger partial charge >= 0.3 is 0 Å². The third-order valence-corrected chi connectivity index (χ3v) is 4.43. The van der Waals surface area contributed by atoms with Crippen LogP contribution in [0.3, 0.4) is 0 Å². The van der Waals surface area contributed by atoms with E-state index in [0.29, 0.717) is 16.5 Å². The number of carbonyl (C=O) groups is 1. The molecule has 0 fully saturated rings. The summed E-state index contributed by atoms with van der Waals surface area (Å²) in [5.41, 5.74) is 3.90. The fraction of sp³-hybridized carbons (Fsp3) is 0.250. The molecule has 0 aliphatic carbocycles. The van der Waals surface area contributed by atoms with Crippen molar-refractivity contribution in [3.8, 4) is 5.69 Å². The van der Waals surface area contributed by atoms with E-state index in [2.05, 4.69) is 21.6 Å². The molecular formula is C16H17N5OS. The highest BCUT2D eigenvalue weighted by Crippen LogP contribution is 2.22. The maximum Gasteiger partial charge on any atom is 0.214 e. The average molecular weight is 327 g/mol. The molecule has 0 unspecified atom stereocenters. The molecule has 3 rings (SSSR count). The van der Waals surface area contributed by atoms with Crippen LogP contribution < -0.4 is 0 Å². The van der Waals surface area contributed by atoms with Gasteiger partial charge in [-0.3, -0.25) is 4.79 Å². The predicted molar refractivity (Wildman–Crippen MR) is 89.1 cm³/mol. The Morgan fingerprint density at radius 3 is 2.78 bits per heavy atom. The monoisotopic (exact) mass is 327 g/mol. The van der Waals surface area contributed by atoms with Crippen LogP contribution >= 0.6 is 11.8 Å². The normalized spacial score (nSPS) is 10.9. The lowest BCUT2D eigenvalue weighted by Crippen LogP contribution is -2.05. The maximum absolute atomic E-state index is 12.2. The first-order valence-electron chi connectivity index (χ1n) is 7.18. The summed E-state index contributed by atoms with van der Waals surface area (Å²) in [6.07, 6.45) is 3.67. The minimum atomic E-state index is 0.0609. The highest BCUT2D eigenvalue weighted by atomic mass is 32.2. The minimum absolute atomic E-state index is 0.0609. The molecule has 0 N–H and O–H groups in total. The average Bonchev–Trinajstić information content (AvgIpc) is 3.14. The summed E-state index contributed by atoms with van der Waals surface area (Å²) in [5, 5.41) is 12.4. The Kier molecular flexibility index (Phi) is 4.29. The second-order valence-electron chi connectivity index (χ2n) is 5.44. The fourth-order valence-electron chi connectivity index (χ4n) is 2.34. The molecule has 0 saturated carbocycles. The highest BCUT2D eigenvalue weighted by Gasteiger charge is 2.14. The molecule has 0 aliphatic heterocycles. The van der Waals surface area contributed by atoms with Crippen LogP contribution in [0.1, 0.15) is 21.5 Å². The van der Waals surface area contributed by atoms with Crippen molar-refractivity contribution in [2.45, 2.75) is 19.0 Å². The minimum Gasteiger partial charge on any atom is -0.357 e. The summed E-state index contributed by atoms with van der Waals surface area (Å²) in [6, 6.07) is 7.91. The topological polar surface area (TPSA) is 65.6 Å². The first-order chi connectivity index (χ1) is 11.0. The molecule has 0 amide bonds. The number of benzene rings is 1. The number of ketones is 1. The summed E-state index contributed by atoms with van der Waals surface area (Å²) < 4.78 is 3.54. The number of hydrogen-bond acceptors (Lipinski definition) is 5. The number of aromatic nitrogens is 5. The van der Waals surface area contributed by atoms with Crippen molar-refractivity contribution < 1.29 is 4.79 Å². The van der Waals surface area contributed by atoms with Crippen LogP contribution in [-0.4, -0.2) is 36.3 Å². The molecule has 2 aromatic heterocycles. The molecule has 0 spiro atoms. The zero-order valence-electron chi connectivity index (χ0n) is 13.2. The van der Waals surface area contributed by atoms with Crippen LogP contribution in [0, 0.1) is 13.8 Å². The molecule has 2 heterocycles. The Balaban J connectivity index is 1.77. The molecule has 118 valence electrons. The van der Waals surface area contributed by atoms with E-state index in [9.17, 15) is 4.79 Å². The van der Waals surface area contributed by atoms with Crippen LogP contribution in [0.4, 0.5) is 0 Å². The smallest absolute Gasteiger partial charge is 0.214 e. The zero-order chi connectivity index (χ0) is 16.4. The second-order valence-corrected chi connectivity index (χ2v) is 6.38. The van der Waals surface area contributed by atoms with Gasteiger partial charge in [0.15, 0.2) is 5.78 Å². The molecular weight excluding hydrogens is 310 g/mol. The summed E-state index contributed by atoms with van der Waals surface area (Å²) >= 11 is 1.34. The number of rotatable bonds is 5. The predicted octanol–water partition coefficient (Wildman–Crippen LogP) is 2.59. The third-order valence-electron chi connectivity index (χ3n) is 3.51. The van der Waals surface area contributed by atoms with Gasteiger partial charge in [0.05, 0.1) is 11.4 Å². The van der Waals surface area contributed by atoms with Gasteiger partial charge < -0.3 is 4.57 Å². The first-order valence-corrected chi connectivity index (χ1v) is 8.17. The van der Waals surface area contributed by atoms with Gasteiger partial charge in [-0.2, -0.15) is 4.68 Å². The van der Waals surface area contributed by atoms with Crippen LogP contribution in [0.5, 0.6) is 0 Å². The van der Waals surface area contributed by atoms with E-state index >= 15 is 0 Å². The van der Waals surface area contributed by atoms with Crippen molar-refractivity contribution in [1.82, 2.24) is 24.8 Å². The van der Waals surface area contributed by atoms with Crippen molar-refractivity contribution in [1.29, 1.82) is 0 Å². The molecule has 6 nitrogen and oxygen atoms in total. The van der Waals surface area contributed by atoms with E-state index in [1.54, 1.807) is 4.68 Å². The Morgan fingerprint density at radius 1 is 1.26 bits per heavy atom. The molecule has 1 aromatic carbocycles. The van der Waals surface area contributed by atoms with Gasteiger partial charge in [-0.15, -0.1) is 5.10 Å². The lowest BCUT2D eigenvalue weighted by atomic mass is 10.1. The fourth-order valence-corrected chi connectivity index (χ4v) is 3.12. The molecule has 0 aliphatic rings. The summed E-state index contributed by atoms with van der Waals surface area (Å²) in [6.45, 7) is 4.07. The quantitative estimate of drug-likeness (QED) is 0.532. The zero-order valence-corrected chi connectivity index (χ0v) is 14.0. The summed E-state index contributed by atoms with van der Waals surface area (Å²) in [4.78, 5) is 12.2. The number of carbonyl (C=O) groups excluding carboxylic acids is 1. The maximum atomic E-state index is 12.2. The van der Waals surface area contributed by atoms with Crippen LogP contribution in [-0.2, 0) is 7.05 Å². The van der Waals surface area contributed by atoms with E-state index in [4.69, 9.17) is 0 Å². The number of aryl methyl sites for hydroxylation is 3. The van der Waals surface area contributed by atoms with Crippen molar-refractivity contribution >= 4 is 17.5 Å². The summed E-state index contributed by atoms with van der Waals surface area (Å²) in [5.74, 6) is 0.362. The largest absolute Gasteiger partial charge is 0.357 e. The lowest BCUT2D eigenvalue weighted by Gasteiger charge is -2.08. The van der Waals surface area contributed by atoms with Crippen LogP contribution in [0.15, 0.2) is 41.8 Å². The van der Waals surface area contributed by atoms with Gasteiger partial charge in [-0.05, 0) is 42.0 Å². The van der Waals surface area contributed by atoms with Crippen LogP contribution in [0.25, 0.3) is 5.69 Å². The summed E-state index contributed by atoms with van der Waals surface area (Å²) in [7, 11) is 1.89. The van der Waals surface area contributed by atoms with Crippen molar-refractivity contribution in [3.63, 3.8) is 0 Å². The Morgan fingerprint density at radius 2 is 2.09 bits per heavy atom. The molecule has 3 aromatic rings. The molecule has 0 atom stereocenters. The third kappa shape index (κ3) is 3.34. The van der Waals surface area contributed by atoms with E-state index in [0.717, 1.165) is 11.3 Å². The number of hydrogen-bond donors (Lipinski definition) is 0. The van der Waals surface area contributed by atoms with Crippen molar-refractivity contribution in [2.24, 2.45) is 7.05 Å². The standard InChI is InChI=1S/C16H17N5OS/c1-11-4-5-14(12(2)8-11)21-16(17-18-19-21)23-10-15(22)13-6-7-20(3)9-13/h4-9H,10H2,1-3H3. The molecule has 0 radical (unpaired) electrons. The van der Waals surface area contributed by atoms with Gasteiger partial charge in [-0.1, -0.05) is 29.5 Å². The van der Waals surface area contributed by atoms with E-state index < -0.39 is 0 Å². The number of tetrazole rings is 1. The van der Waals surface area contributed by atoms with E-state index in [1.807, 2.05) is 56.1 Å². The van der Waals surface area contributed by atoms with Gasteiger partial charge in [0, 0.05) is 25.0 Å². The Bertz CT molecular complexity index is 852. The van der Waals surface area contributed by atoms with Gasteiger partial charge in [-0.25, -0.2) is 0 Å². The number of nitrogens with zero attached hydrogens (tertiary/aromatic N) is 5. The SMILES string of the molecule is Cc1ccc(-n2nnnc2SCC(=O)c2ccn(C)c2)c(C)c1. The van der Waals surface area contributed by atoms with E-state index in [1.165, 1.54) is 17.3 Å². The first kappa shape index (κ1) is 15.5. The van der Waals surface area contributed by atoms with Crippen molar-refractivity contribution in [2.75, 3.05) is 5.75 Å². The molecule has 0 bridgehead atoms. The molecule has 7 heteroatoms. The Hall–Kier alpha value is -2.41. The Labute approximate surface area is 138 Å². The van der Waals surface area contributed by atoms with Crippen molar-refractivity contribution in [3.05, 3.63) is 53.3 Å². The number of thioether (sulfide) groups is 1.